The lowest BCUT2D eigenvalue weighted by atomic mass is 9.95. The lowest BCUT2D eigenvalue weighted by molar-refractivity contribution is -0.150. The molecule has 142 valence electrons. The maximum absolute atomic E-state index is 12.7. The van der Waals surface area contributed by atoms with Gasteiger partial charge in [-0.05, 0) is 6.92 Å². The molecule has 25 heavy (non-hydrogen) atoms. The molecule has 0 saturated carbocycles. The summed E-state index contributed by atoms with van der Waals surface area (Å²) < 4.78 is 43.2. The van der Waals surface area contributed by atoms with Gasteiger partial charge in [-0.2, -0.15) is 13.2 Å². The lowest BCUT2D eigenvalue weighted by Crippen LogP contribution is -2.54. The van der Waals surface area contributed by atoms with Crippen LogP contribution in [0, 0.1) is 0 Å². The van der Waals surface area contributed by atoms with Crippen LogP contribution in [0.25, 0.3) is 0 Å². The van der Waals surface area contributed by atoms with Crippen molar-refractivity contribution >= 4 is 5.82 Å². The second-order valence-corrected chi connectivity index (χ2v) is 7.60. The Labute approximate surface area is 147 Å². The number of anilines is 1. The highest BCUT2D eigenvalue weighted by Crippen LogP contribution is 2.25. The van der Waals surface area contributed by atoms with E-state index in [0.29, 0.717) is 32.1 Å². The maximum atomic E-state index is 12.7. The molecule has 2 heterocycles. The summed E-state index contributed by atoms with van der Waals surface area (Å²) in [4.78, 5) is 12.7. The Bertz CT molecular complexity index is 586. The van der Waals surface area contributed by atoms with Gasteiger partial charge in [-0.1, -0.05) is 20.8 Å². The minimum atomic E-state index is -4.17. The van der Waals surface area contributed by atoms with Crippen LogP contribution in [0.4, 0.5) is 19.0 Å². The molecule has 0 radical (unpaired) electrons. The van der Waals surface area contributed by atoms with Gasteiger partial charge in [-0.15, -0.1) is 0 Å². The van der Waals surface area contributed by atoms with Crippen LogP contribution >= 0.6 is 0 Å². The number of halogens is 3. The van der Waals surface area contributed by atoms with Crippen molar-refractivity contribution in [2.45, 2.75) is 51.9 Å². The van der Waals surface area contributed by atoms with E-state index in [0.717, 1.165) is 11.5 Å². The first-order chi connectivity index (χ1) is 11.5. The molecule has 1 atom stereocenters. The van der Waals surface area contributed by atoms with Crippen LogP contribution in [-0.2, 0) is 16.8 Å². The molecule has 1 aromatic heterocycles. The van der Waals surface area contributed by atoms with Gasteiger partial charge in [0.05, 0.1) is 18.8 Å². The molecule has 0 aromatic carbocycles. The predicted molar refractivity (Wildman–Crippen MR) is 90.7 cm³/mol. The zero-order chi connectivity index (χ0) is 18.8. The molecule has 1 unspecified atom stereocenters. The first kappa shape index (κ1) is 19.9. The number of methoxy groups -OCH3 is 1. The van der Waals surface area contributed by atoms with E-state index in [9.17, 15) is 13.2 Å². The molecular formula is C17H27F3N4O. The molecule has 1 saturated heterocycles. The average molecular weight is 360 g/mol. The number of hydrogen-bond acceptors (Lipinski definition) is 5. The van der Waals surface area contributed by atoms with Gasteiger partial charge in [0.15, 0.2) is 0 Å². The molecule has 1 aliphatic heterocycles. The van der Waals surface area contributed by atoms with Gasteiger partial charge in [0.2, 0.25) is 0 Å². The summed E-state index contributed by atoms with van der Waals surface area (Å²) in [5.74, 6) is 1.47. The second-order valence-electron chi connectivity index (χ2n) is 7.60. The second kappa shape index (κ2) is 7.45. The van der Waals surface area contributed by atoms with E-state index in [-0.39, 0.29) is 11.5 Å². The van der Waals surface area contributed by atoms with Gasteiger partial charge in [-0.25, -0.2) is 9.97 Å². The highest BCUT2D eigenvalue weighted by Gasteiger charge is 2.35. The van der Waals surface area contributed by atoms with E-state index in [1.54, 1.807) is 7.11 Å². The van der Waals surface area contributed by atoms with Crippen molar-refractivity contribution in [3.63, 3.8) is 0 Å². The number of nitrogens with zero attached hydrogens (tertiary/aromatic N) is 4. The van der Waals surface area contributed by atoms with Crippen molar-refractivity contribution < 1.29 is 17.9 Å². The number of rotatable bonds is 4. The Morgan fingerprint density at radius 2 is 1.88 bits per heavy atom. The standard InChI is InChI=1S/C17H27F3N4O/c1-12-9-23(6-7-24(12)11-17(18,19)20)14-8-13(10-25-5)21-15(22-14)16(2,3)4/h8,12H,6-7,9-11H2,1-5H3. The normalized spacial score (nSPS) is 20.2. The first-order valence-electron chi connectivity index (χ1n) is 8.43. The smallest absolute Gasteiger partial charge is 0.378 e. The number of hydrogen-bond donors (Lipinski definition) is 0. The van der Waals surface area contributed by atoms with Crippen molar-refractivity contribution in [2.24, 2.45) is 0 Å². The topological polar surface area (TPSA) is 41.5 Å². The third-order valence-corrected chi connectivity index (χ3v) is 4.20. The Hall–Kier alpha value is -1.41. The van der Waals surface area contributed by atoms with Crippen LogP contribution in [0.5, 0.6) is 0 Å². The monoisotopic (exact) mass is 360 g/mol. The summed E-state index contributed by atoms with van der Waals surface area (Å²) >= 11 is 0. The van der Waals surface area contributed by atoms with Crippen LogP contribution in [0.2, 0.25) is 0 Å². The first-order valence-corrected chi connectivity index (χ1v) is 8.43. The van der Waals surface area contributed by atoms with Gasteiger partial charge in [0.1, 0.15) is 11.6 Å². The minimum Gasteiger partial charge on any atom is -0.378 e. The molecule has 1 aliphatic rings. The molecule has 0 aliphatic carbocycles. The molecular weight excluding hydrogens is 333 g/mol. The largest absolute Gasteiger partial charge is 0.401 e. The fraction of sp³-hybridized carbons (Fsp3) is 0.765. The number of piperazine rings is 1. The molecule has 0 amide bonds. The number of alkyl halides is 3. The summed E-state index contributed by atoms with van der Waals surface area (Å²) in [6, 6.07) is 1.67. The highest BCUT2D eigenvalue weighted by atomic mass is 19.4. The molecule has 1 aromatic rings. The zero-order valence-electron chi connectivity index (χ0n) is 15.5. The van der Waals surface area contributed by atoms with E-state index >= 15 is 0 Å². The minimum absolute atomic E-state index is 0.200. The van der Waals surface area contributed by atoms with Crippen molar-refractivity contribution in [1.82, 2.24) is 14.9 Å². The third-order valence-electron chi connectivity index (χ3n) is 4.20. The van der Waals surface area contributed by atoms with E-state index in [4.69, 9.17) is 4.74 Å². The van der Waals surface area contributed by atoms with Gasteiger partial charge >= 0.3 is 6.18 Å². The van der Waals surface area contributed by atoms with Crippen LogP contribution in [0.15, 0.2) is 6.07 Å². The van der Waals surface area contributed by atoms with Gasteiger partial charge < -0.3 is 9.64 Å². The molecule has 0 spiro atoms. The summed E-state index contributed by atoms with van der Waals surface area (Å²) in [5.41, 5.74) is 0.560. The van der Waals surface area contributed by atoms with Crippen LogP contribution < -0.4 is 4.90 Å². The fourth-order valence-corrected chi connectivity index (χ4v) is 2.87. The van der Waals surface area contributed by atoms with Crippen molar-refractivity contribution in [2.75, 3.05) is 38.2 Å². The van der Waals surface area contributed by atoms with E-state index < -0.39 is 12.7 Å². The molecule has 1 fully saturated rings. The van der Waals surface area contributed by atoms with Crippen LogP contribution in [0.1, 0.15) is 39.2 Å². The highest BCUT2D eigenvalue weighted by molar-refractivity contribution is 5.41. The SMILES string of the molecule is COCc1cc(N2CCN(CC(F)(F)F)C(C)C2)nc(C(C)(C)C)n1. The van der Waals surface area contributed by atoms with E-state index in [2.05, 4.69) is 9.97 Å². The maximum Gasteiger partial charge on any atom is 0.401 e. The molecule has 5 nitrogen and oxygen atoms in total. The predicted octanol–water partition coefficient (Wildman–Crippen LogP) is 2.99. The van der Waals surface area contributed by atoms with Crippen LogP contribution in [0.3, 0.4) is 0 Å². The Morgan fingerprint density at radius 3 is 2.40 bits per heavy atom. The Balaban J connectivity index is 2.20. The van der Waals surface area contributed by atoms with Gasteiger partial charge in [0, 0.05) is 44.3 Å². The Kier molecular flexibility index (Phi) is 5.93. The van der Waals surface area contributed by atoms with Gasteiger partial charge in [0.25, 0.3) is 0 Å². The summed E-state index contributed by atoms with van der Waals surface area (Å²) in [6.45, 7) is 8.80. The molecule has 0 bridgehead atoms. The summed E-state index contributed by atoms with van der Waals surface area (Å²) in [5, 5.41) is 0. The quantitative estimate of drug-likeness (QED) is 0.826. The summed E-state index contributed by atoms with van der Waals surface area (Å²) in [7, 11) is 1.61. The Morgan fingerprint density at radius 1 is 1.20 bits per heavy atom. The van der Waals surface area contributed by atoms with E-state index in [1.165, 1.54) is 4.90 Å². The van der Waals surface area contributed by atoms with E-state index in [1.807, 2.05) is 38.7 Å². The van der Waals surface area contributed by atoms with Crippen LogP contribution in [-0.4, -0.2) is 60.4 Å². The molecule has 0 N–H and O–H groups in total. The average Bonchev–Trinajstić information content (AvgIpc) is 2.47. The molecule has 2 rings (SSSR count). The fourth-order valence-electron chi connectivity index (χ4n) is 2.87. The molecule has 8 heteroatoms. The number of aromatic nitrogens is 2. The third kappa shape index (κ3) is 5.54. The zero-order valence-corrected chi connectivity index (χ0v) is 15.5. The van der Waals surface area contributed by atoms with Crippen molar-refractivity contribution in [3.8, 4) is 0 Å². The van der Waals surface area contributed by atoms with Gasteiger partial charge in [-0.3, -0.25) is 4.90 Å². The lowest BCUT2D eigenvalue weighted by Gasteiger charge is -2.40. The van der Waals surface area contributed by atoms with Crippen molar-refractivity contribution in [1.29, 1.82) is 0 Å². The number of ether oxygens (including phenoxy) is 1. The summed E-state index contributed by atoms with van der Waals surface area (Å²) in [6.07, 6.45) is -4.17. The van der Waals surface area contributed by atoms with Crippen molar-refractivity contribution in [3.05, 3.63) is 17.6 Å².